The van der Waals surface area contributed by atoms with Crippen molar-refractivity contribution < 1.29 is 0 Å². The molecular formula is C21H18ClN3O. The molecule has 2 aromatic heterocycles. The van der Waals surface area contributed by atoms with Crippen molar-refractivity contribution in [1.82, 2.24) is 14.1 Å². The number of fused-ring (bicyclic) bond motifs is 1. The molecule has 0 fully saturated rings. The van der Waals surface area contributed by atoms with Gasteiger partial charge in [-0.2, -0.15) is 0 Å². The molecule has 0 saturated heterocycles. The van der Waals surface area contributed by atoms with Crippen LogP contribution < -0.4 is 5.56 Å². The number of aryl methyl sites for hydroxylation is 2. The lowest BCUT2D eigenvalue weighted by Crippen LogP contribution is -2.22. The zero-order valence-corrected chi connectivity index (χ0v) is 15.4. The normalized spacial score (nSPS) is 11.2. The molecule has 0 amide bonds. The van der Waals surface area contributed by atoms with Crippen molar-refractivity contribution in [2.75, 3.05) is 0 Å². The molecule has 0 atom stereocenters. The summed E-state index contributed by atoms with van der Waals surface area (Å²) in [6.07, 6.45) is 3.58. The highest BCUT2D eigenvalue weighted by atomic mass is 35.5. The van der Waals surface area contributed by atoms with Crippen LogP contribution in [-0.2, 0) is 13.6 Å². The van der Waals surface area contributed by atoms with Gasteiger partial charge in [0.05, 0.1) is 12.9 Å². The van der Waals surface area contributed by atoms with Crippen LogP contribution in [0.4, 0.5) is 0 Å². The highest BCUT2D eigenvalue weighted by molar-refractivity contribution is 6.30. The Morgan fingerprint density at radius 3 is 2.62 bits per heavy atom. The van der Waals surface area contributed by atoms with Gasteiger partial charge < -0.3 is 4.57 Å². The lowest BCUT2D eigenvalue weighted by molar-refractivity contribution is 0.741. The van der Waals surface area contributed by atoms with Crippen LogP contribution in [0.3, 0.4) is 0 Å². The third-order valence-corrected chi connectivity index (χ3v) is 4.79. The molecule has 2 aromatic carbocycles. The van der Waals surface area contributed by atoms with Gasteiger partial charge in [0.2, 0.25) is 0 Å². The van der Waals surface area contributed by atoms with Crippen molar-refractivity contribution in [1.29, 1.82) is 0 Å². The fourth-order valence-electron chi connectivity index (χ4n) is 3.27. The van der Waals surface area contributed by atoms with E-state index in [4.69, 9.17) is 11.6 Å². The quantitative estimate of drug-likeness (QED) is 0.540. The van der Waals surface area contributed by atoms with Gasteiger partial charge in [-0.15, -0.1) is 0 Å². The van der Waals surface area contributed by atoms with E-state index in [9.17, 15) is 4.79 Å². The van der Waals surface area contributed by atoms with Crippen molar-refractivity contribution >= 4 is 22.6 Å². The molecular weight excluding hydrogens is 346 g/mol. The van der Waals surface area contributed by atoms with E-state index < -0.39 is 0 Å². The van der Waals surface area contributed by atoms with Crippen LogP contribution in [-0.4, -0.2) is 14.1 Å². The number of hydrogen-bond donors (Lipinski definition) is 0. The first-order valence-corrected chi connectivity index (χ1v) is 8.76. The molecule has 2 heterocycles. The van der Waals surface area contributed by atoms with E-state index in [0.717, 1.165) is 16.7 Å². The van der Waals surface area contributed by atoms with Gasteiger partial charge in [-0.3, -0.25) is 9.36 Å². The van der Waals surface area contributed by atoms with Crippen LogP contribution in [0.15, 0.2) is 65.8 Å². The first-order chi connectivity index (χ1) is 12.5. The molecule has 0 radical (unpaired) electrons. The van der Waals surface area contributed by atoms with E-state index in [2.05, 4.69) is 11.1 Å². The largest absolute Gasteiger partial charge is 0.344 e. The fraction of sp³-hybridized carbons (Fsp3) is 0.143. The molecule has 4 rings (SSSR count). The molecule has 130 valence electrons. The van der Waals surface area contributed by atoms with Crippen molar-refractivity contribution in [3.63, 3.8) is 0 Å². The predicted molar refractivity (Wildman–Crippen MR) is 106 cm³/mol. The third-order valence-electron chi connectivity index (χ3n) is 4.54. The summed E-state index contributed by atoms with van der Waals surface area (Å²) in [6.45, 7) is 2.55. The monoisotopic (exact) mass is 363 g/mol. The lowest BCUT2D eigenvalue weighted by atomic mass is 10.1. The summed E-state index contributed by atoms with van der Waals surface area (Å²) < 4.78 is 3.50. The number of benzene rings is 2. The zero-order valence-electron chi connectivity index (χ0n) is 14.6. The Labute approximate surface area is 156 Å². The summed E-state index contributed by atoms with van der Waals surface area (Å²) in [5.41, 5.74) is 5.45. The van der Waals surface area contributed by atoms with Gasteiger partial charge in [0.1, 0.15) is 11.0 Å². The fourth-order valence-corrected chi connectivity index (χ4v) is 3.40. The summed E-state index contributed by atoms with van der Waals surface area (Å²) in [4.78, 5) is 17.6. The molecule has 0 saturated carbocycles. The molecule has 0 aliphatic carbocycles. The maximum atomic E-state index is 13.0. The van der Waals surface area contributed by atoms with Crippen molar-refractivity contribution in [2.45, 2.75) is 13.5 Å². The maximum Gasteiger partial charge on any atom is 0.278 e. The van der Waals surface area contributed by atoms with E-state index in [1.165, 1.54) is 5.56 Å². The molecule has 0 aliphatic rings. The van der Waals surface area contributed by atoms with Crippen molar-refractivity contribution in [2.24, 2.45) is 7.05 Å². The lowest BCUT2D eigenvalue weighted by Gasteiger charge is -2.07. The second kappa shape index (κ2) is 6.46. The molecule has 5 heteroatoms. The first kappa shape index (κ1) is 16.6. The van der Waals surface area contributed by atoms with E-state index in [1.54, 1.807) is 10.9 Å². The molecule has 4 nitrogen and oxygen atoms in total. The molecule has 0 unspecified atom stereocenters. The number of halogens is 1. The number of nitrogens with zero attached hydrogens (tertiary/aromatic N) is 3. The first-order valence-electron chi connectivity index (χ1n) is 8.39. The summed E-state index contributed by atoms with van der Waals surface area (Å²) in [6, 6.07) is 15.7. The van der Waals surface area contributed by atoms with Gasteiger partial charge in [-0.25, -0.2) is 4.98 Å². The Morgan fingerprint density at radius 2 is 1.88 bits per heavy atom. The Bertz CT molecular complexity index is 1160. The van der Waals surface area contributed by atoms with Crippen LogP contribution in [0.5, 0.6) is 0 Å². The maximum absolute atomic E-state index is 13.0. The number of rotatable bonds is 3. The second-order valence-electron chi connectivity index (χ2n) is 6.52. The van der Waals surface area contributed by atoms with E-state index >= 15 is 0 Å². The van der Waals surface area contributed by atoms with Crippen LogP contribution in [0.25, 0.3) is 22.2 Å². The zero-order chi connectivity index (χ0) is 18.3. The minimum Gasteiger partial charge on any atom is -0.344 e. The number of aromatic nitrogens is 3. The topological polar surface area (TPSA) is 39.8 Å². The Morgan fingerprint density at radius 1 is 1.12 bits per heavy atom. The third kappa shape index (κ3) is 2.93. The Balaban J connectivity index is 1.82. The Hall–Kier alpha value is -2.85. The van der Waals surface area contributed by atoms with Crippen molar-refractivity contribution in [3.05, 3.63) is 87.6 Å². The van der Waals surface area contributed by atoms with Gasteiger partial charge in [-0.1, -0.05) is 53.6 Å². The number of hydrogen-bond acceptors (Lipinski definition) is 2. The van der Waals surface area contributed by atoms with E-state index in [-0.39, 0.29) is 5.56 Å². The van der Waals surface area contributed by atoms with Crippen LogP contribution >= 0.6 is 11.6 Å². The smallest absolute Gasteiger partial charge is 0.278 e. The summed E-state index contributed by atoms with van der Waals surface area (Å²) >= 11 is 5.98. The average Bonchev–Trinajstić information content (AvgIpc) is 2.95. The molecule has 0 N–H and O–H groups in total. The summed E-state index contributed by atoms with van der Waals surface area (Å²) in [5.74, 6) is 0. The summed E-state index contributed by atoms with van der Waals surface area (Å²) in [5, 5.41) is 0.683. The molecule has 0 aliphatic heterocycles. The SMILES string of the molecule is Cc1cccc(Cn2cnc3c(-c4ccc(Cl)cc4)cn(C)c3c2=O)c1. The molecule has 0 bridgehead atoms. The van der Waals surface area contributed by atoms with Gasteiger partial charge in [0, 0.05) is 23.8 Å². The van der Waals surface area contributed by atoms with Gasteiger partial charge in [0.15, 0.2) is 0 Å². The van der Waals surface area contributed by atoms with Gasteiger partial charge in [0.25, 0.3) is 5.56 Å². The van der Waals surface area contributed by atoms with Gasteiger partial charge >= 0.3 is 0 Å². The van der Waals surface area contributed by atoms with Crippen LogP contribution in [0.1, 0.15) is 11.1 Å². The van der Waals surface area contributed by atoms with E-state index in [1.807, 2.05) is 67.2 Å². The molecule has 26 heavy (non-hydrogen) atoms. The Kier molecular flexibility index (Phi) is 4.13. The van der Waals surface area contributed by atoms with Crippen molar-refractivity contribution in [3.8, 4) is 11.1 Å². The minimum absolute atomic E-state index is 0.0424. The van der Waals surface area contributed by atoms with Gasteiger partial charge in [-0.05, 0) is 30.2 Å². The van der Waals surface area contributed by atoms with E-state index in [0.29, 0.717) is 22.6 Å². The highest BCUT2D eigenvalue weighted by Gasteiger charge is 2.15. The minimum atomic E-state index is -0.0424. The summed E-state index contributed by atoms with van der Waals surface area (Å²) in [7, 11) is 1.88. The highest BCUT2D eigenvalue weighted by Crippen LogP contribution is 2.28. The standard InChI is InChI=1S/C21H18ClN3O/c1-14-4-3-5-15(10-14)11-25-13-23-19-18(12-24(2)20(19)21(25)26)16-6-8-17(22)9-7-16/h3-10,12-13H,11H2,1-2H3. The second-order valence-corrected chi connectivity index (χ2v) is 6.96. The van der Waals surface area contributed by atoms with Crippen LogP contribution in [0.2, 0.25) is 5.02 Å². The predicted octanol–water partition coefficient (Wildman–Crippen LogP) is 4.41. The van der Waals surface area contributed by atoms with Crippen LogP contribution in [0, 0.1) is 6.92 Å². The molecule has 0 spiro atoms. The molecule has 4 aromatic rings. The average molecular weight is 364 g/mol.